The van der Waals surface area contributed by atoms with Gasteiger partial charge in [-0.15, -0.1) is 0 Å². The molecule has 2 aromatic carbocycles. The van der Waals surface area contributed by atoms with Crippen molar-refractivity contribution in [1.82, 2.24) is 4.90 Å². The van der Waals surface area contributed by atoms with E-state index in [2.05, 4.69) is 0 Å². The normalized spacial score (nSPS) is 20.2. The standard InChI is InChI=1S/C22H20Cl2F3NO4/c1-2-31-21(30)17(11-22(25,26)27)28-18(29)12-32-20(14-4-3-5-16(24)10-14)19(28)13-6-8-15(23)9-7-13/h3-10,17,19-20H,2,11-12H2,1H3/t17-,19+,20+/m0/s1. The summed E-state index contributed by atoms with van der Waals surface area (Å²) in [5.74, 6) is -1.89. The Morgan fingerprint density at radius 3 is 2.44 bits per heavy atom. The predicted octanol–water partition coefficient (Wildman–Crippen LogP) is 5.52. The number of benzene rings is 2. The number of amides is 1. The molecule has 1 saturated heterocycles. The molecule has 0 aliphatic carbocycles. The van der Waals surface area contributed by atoms with Gasteiger partial charge in [-0.25, -0.2) is 4.79 Å². The second kappa shape index (κ2) is 10.1. The number of hydrogen-bond donors (Lipinski definition) is 0. The Labute approximate surface area is 193 Å². The molecule has 32 heavy (non-hydrogen) atoms. The number of carbonyl (C=O) groups excluding carboxylic acids is 2. The fourth-order valence-electron chi connectivity index (χ4n) is 3.71. The fraction of sp³-hybridized carbons (Fsp3) is 0.364. The lowest BCUT2D eigenvalue weighted by molar-refractivity contribution is -0.189. The third-order valence-corrected chi connectivity index (χ3v) is 5.46. The summed E-state index contributed by atoms with van der Waals surface area (Å²) >= 11 is 12.1. The fourth-order valence-corrected chi connectivity index (χ4v) is 4.03. The van der Waals surface area contributed by atoms with Crippen LogP contribution in [0, 0.1) is 0 Å². The van der Waals surface area contributed by atoms with Crippen LogP contribution >= 0.6 is 23.2 Å². The Balaban J connectivity index is 2.15. The van der Waals surface area contributed by atoms with Crippen LogP contribution in [-0.4, -0.2) is 42.2 Å². The van der Waals surface area contributed by atoms with E-state index >= 15 is 0 Å². The average Bonchev–Trinajstić information content (AvgIpc) is 2.72. The molecule has 2 aromatic rings. The van der Waals surface area contributed by atoms with Gasteiger partial charge >= 0.3 is 12.1 Å². The van der Waals surface area contributed by atoms with Crippen molar-refractivity contribution in [3.05, 3.63) is 69.7 Å². The van der Waals surface area contributed by atoms with Crippen LogP contribution in [0.4, 0.5) is 13.2 Å². The predicted molar refractivity (Wildman–Crippen MR) is 112 cm³/mol. The Hall–Kier alpha value is -2.29. The first-order valence-electron chi connectivity index (χ1n) is 9.77. The van der Waals surface area contributed by atoms with Crippen LogP contribution in [0.5, 0.6) is 0 Å². The van der Waals surface area contributed by atoms with Crippen LogP contribution in [0.3, 0.4) is 0 Å². The van der Waals surface area contributed by atoms with Crippen LogP contribution in [0.1, 0.15) is 36.6 Å². The lowest BCUT2D eigenvalue weighted by Crippen LogP contribution is -2.55. The van der Waals surface area contributed by atoms with Crippen molar-refractivity contribution in [1.29, 1.82) is 0 Å². The molecule has 0 saturated carbocycles. The van der Waals surface area contributed by atoms with Crippen molar-refractivity contribution in [3.63, 3.8) is 0 Å². The molecule has 172 valence electrons. The summed E-state index contributed by atoms with van der Waals surface area (Å²) in [6.07, 6.45) is -7.14. The van der Waals surface area contributed by atoms with Crippen molar-refractivity contribution in [3.8, 4) is 0 Å². The molecule has 0 aromatic heterocycles. The summed E-state index contributed by atoms with van der Waals surface area (Å²) in [6.45, 7) is 0.846. The topological polar surface area (TPSA) is 55.8 Å². The van der Waals surface area contributed by atoms with Gasteiger partial charge in [0.1, 0.15) is 18.8 Å². The minimum absolute atomic E-state index is 0.130. The zero-order valence-corrected chi connectivity index (χ0v) is 18.5. The molecule has 5 nitrogen and oxygen atoms in total. The molecule has 1 fully saturated rings. The van der Waals surface area contributed by atoms with Gasteiger partial charge in [-0.1, -0.05) is 47.5 Å². The van der Waals surface area contributed by atoms with E-state index in [1.54, 1.807) is 48.5 Å². The van der Waals surface area contributed by atoms with Crippen LogP contribution in [0.15, 0.2) is 48.5 Å². The smallest absolute Gasteiger partial charge is 0.391 e. The molecule has 3 atom stereocenters. The SMILES string of the molecule is CCOC(=O)[C@H](CC(F)(F)F)N1C(=O)CO[C@H](c2cccc(Cl)c2)[C@H]1c1ccc(Cl)cc1. The van der Waals surface area contributed by atoms with Crippen LogP contribution < -0.4 is 0 Å². The molecular formula is C22H20Cl2F3NO4. The van der Waals surface area contributed by atoms with Crippen molar-refractivity contribution >= 4 is 35.1 Å². The van der Waals surface area contributed by atoms with Gasteiger partial charge in [0, 0.05) is 10.0 Å². The molecule has 1 amide bonds. The molecule has 1 aliphatic heterocycles. The van der Waals surface area contributed by atoms with Gasteiger partial charge in [-0.2, -0.15) is 13.2 Å². The van der Waals surface area contributed by atoms with E-state index in [1.807, 2.05) is 0 Å². The third kappa shape index (κ3) is 5.74. The Bertz CT molecular complexity index is 968. The van der Waals surface area contributed by atoms with E-state index in [4.69, 9.17) is 32.7 Å². The summed E-state index contributed by atoms with van der Waals surface area (Å²) in [5, 5.41) is 0.793. The summed E-state index contributed by atoms with van der Waals surface area (Å²) in [6, 6.07) is 9.92. The minimum Gasteiger partial charge on any atom is -0.464 e. The van der Waals surface area contributed by atoms with E-state index in [0.717, 1.165) is 4.90 Å². The lowest BCUT2D eigenvalue weighted by atomic mass is 9.91. The maximum absolute atomic E-state index is 13.4. The van der Waals surface area contributed by atoms with E-state index in [9.17, 15) is 22.8 Å². The van der Waals surface area contributed by atoms with E-state index < -0.39 is 49.3 Å². The molecule has 0 bridgehead atoms. The van der Waals surface area contributed by atoms with Crippen molar-refractivity contribution < 1.29 is 32.2 Å². The highest BCUT2D eigenvalue weighted by molar-refractivity contribution is 6.30. The molecule has 0 radical (unpaired) electrons. The Morgan fingerprint density at radius 2 is 1.84 bits per heavy atom. The number of rotatable bonds is 6. The van der Waals surface area contributed by atoms with Gasteiger partial charge in [0.05, 0.1) is 19.1 Å². The monoisotopic (exact) mass is 489 g/mol. The lowest BCUT2D eigenvalue weighted by Gasteiger charge is -2.44. The van der Waals surface area contributed by atoms with Gasteiger partial charge < -0.3 is 14.4 Å². The third-order valence-electron chi connectivity index (χ3n) is 4.97. The molecule has 10 heteroatoms. The average molecular weight is 490 g/mol. The van der Waals surface area contributed by atoms with E-state index in [-0.39, 0.29) is 6.61 Å². The quantitative estimate of drug-likeness (QED) is 0.501. The van der Waals surface area contributed by atoms with Gasteiger partial charge in [0.25, 0.3) is 0 Å². The molecule has 1 heterocycles. The van der Waals surface area contributed by atoms with E-state index in [0.29, 0.717) is 21.2 Å². The first kappa shape index (κ1) is 24.4. The molecule has 0 spiro atoms. The molecule has 1 aliphatic rings. The molecule has 0 N–H and O–H groups in total. The van der Waals surface area contributed by atoms with Gasteiger partial charge in [-0.05, 0) is 42.3 Å². The summed E-state index contributed by atoms with van der Waals surface area (Å²) in [5.41, 5.74) is 0.994. The number of carbonyl (C=O) groups is 2. The number of esters is 1. The Morgan fingerprint density at radius 1 is 1.16 bits per heavy atom. The summed E-state index contributed by atoms with van der Waals surface area (Å²) in [4.78, 5) is 26.4. The number of ether oxygens (including phenoxy) is 2. The highest BCUT2D eigenvalue weighted by Crippen LogP contribution is 2.43. The van der Waals surface area contributed by atoms with Crippen molar-refractivity contribution in [2.75, 3.05) is 13.2 Å². The molecular weight excluding hydrogens is 470 g/mol. The second-order valence-corrected chi connectivity index (χ2v) is 8.04. The zero-order chi connectivity index (χ0) is 23.5. The summed E-state index contributed by atoms with van der Waals surface area (Å²) < 4.78 is 51.0. The minimum atomic E-state index is -4.72. The zero-order valence-electron chi connectivity index (χ0n) is 16.9. The largest absolute Gasteiger partial charge is 0.464 e. The maximum atomic E-state index is 13.4. The van der Waals surface area contributed by atoms with Gasteiger partial charge in [0.15, 0.2) is 0 Å². The van der Waals surface area contributed by atoms with Crippen LogP contribution in [-0.2, 0) is 19.1 Å². The first-order valence-corrected chi connectivity index (χ1v) is 10.5. The maximum Gasteiger partial charge on any atom is 0.391 e. The number of halogens is 5. The van der Waals surface area contributed by atoms with Gasteiger partial charge in [-0.3, -0.25) is 4.79 Å². The number of morpholine rings is 1. The van der Waals surface area contributed by atoms with Gasteiger partial charge in [0.2, 0.25) is 5.91 Å². The number of alkyl halides is 3. The first-order chi connectivity index (χ1) is 15.1. The number of hydrogen-bond acceptors (Lipinski definition) is 4. The van der Waals surface area contributed by atoms with Crippen molar-refractivity contribution in [2.45, 2.75) is 37.7 Å². The highest BCUT2D eigenvalue weighted by Gasteiger charge is 2.48. The van der Waals surface area contributed by atoms with Crippen LogP contribution in [0.25, 0.3) is 0 Å². The highest BCUT2D eigenvalue weighted by atomic mass is 35.5. The van der Waals surface area contributed by atoms with Crippen LogP contribution in [0.2, 0.25) is 10.0 Å². The van der Waals surface area contributed by atoms with Crippen molar-refractivity contribution in [2.24, 2.45) is 0 Å². The van der Waals surface area contributed by atoms with E-state index in [1.165, 1.54) is 6.92 Å². The molecule has 0 unspecified atom stereocenters. The molecule has 3 rings (SSSR count). The Kier molecular flexibility index (Phi) is 7.69. The second-order valence-electron chi connectivity index (χ2n) is 7.17. The number of nitrogens with zero attached hydrogens (tertiary/aromatic N) is 1. The summed E-state index contributed by atoms with van der Waals surface area (Å²) in [7, 11) is 0.